The summed E-state index contributed by atoms with van der Waals surface area (Å²) in [4.78, 5) is 12.0. The number of carbonyl (C=O) groups excluding carboxylic acids is 1. The quantitative estimate of drug-likeness (QED) is 0.518. The van der Waals surface area contributed by atoms with Crippen LogP contribution >= 0.6 is 0 Å². The first kappa shape index (κ1) is 15.5. The number of nitrogens with two attached hydrogens (primary N) is 1. The third-order valence-corrected chi connectivity index (χ3v) is 3.28. The maximum absolute atomic E-state index is 12.0. The number of hydrogen-bond donors (Lipinski definition) is 1. The van der Waals surface area contributed by atoms with Gasteiger partial charge in [-0.1, -0.05) is 32.9 Å². The van der Waals surface area contributed by atoms with Crippen molar-refractivity contribution in [3.63, 3.8) is 0 Å². The summed E-state index contributed by atoms with van der Waals surface area (Å²) in [7, 11) is 3.16. The number of likely N-dealkylation sites (N-methyl/N-ethyl adjacent to an activating group) is 1. The minimum atomic E-state index is -0.327. The maximum Gasteiger partial charge on any atom is 0.243 e. The van der Waals surface area contributed by atoms with Crippen molar-refractivity contribution in [2.24, 2.45) is 5.84 Å². The van der Waals surface area contributed by atoms with Gasteiger partial charge in [0.25, 0.3) is 0 Å². The number of amides is 1. The summed E-state index contributed by atoms with van der Waals surface area (Å²) in [6.07, 6.45) is 0. The van der Waals surface area contributed by atoms with Crippen LogP contribution < -0.4 is 10.6 Å². The summed E-state index contributed by atoms with van der Waals surface area (Å²) in [5.74, 6) is 5.79. The number of benzene rings is 1. The Morgan fingerprint density at radius 3 is 2.37 bits per heavy atom. The van der Waals surface area contributed by atoms with Gasteiger partial charge in [-0.2, -0.15) is 0 Å². The zero-order valence-corrected chi connectivity index (χ0v) is 12.7. The summed E-state index contributed by atoms with van der Waals surface area (Å²) in [6.45, 7) is 8.26. The van der Waals surface area contributed by atoms with Crippen molar-refractivity contribution in [3.8, 4) is 5.75 Å². The topological polar surface area (TPSA) is 55.6 Å². The first-order valence-electron chi connectivity index (χ1n) is 6.39. The standard InChI is InChI=1S/C15H24N2O2/c1-10(14(18)17(5)16)12-9-11(15(2,3)4)7-8-13(12)19-6/h7-10H,16H2,1-6H3. The molecule has 0 aliphatic carbocycles. The Hall–Kier alpha value is -1.55. The Morgan fingerprint density at radius 2 is 1.95 bits per heavy atom. The number of ether oxygens (including phenoxy) is 1. The molecule has 1 unspecified atom stereocenters. The lowest BCUT2D eigenvalue weighted by atomic mass is 9.84. The largest absolute Gasteiger partial charge is 0.496 e. The van der Waals surface area contributed by atoms with E-state index in [2.05, 4.69) is 20.8 Å². The van der Waals surface area contributed by atoms with Gasteiger partial charge in [0, 0.05) is 12.6 Å². The van der Waals surface area contributed by atoms with Crippen LogP contribution in [0.3, 0.4) is 0 Å². The van der Waals surface area contributed by atoms with Gasteiger partial charge in [-0.15, -0.1) is 0 Å². The van der Waals surface area contributed by atoms with Gasteiger partial charge < -0.3 is 4.74 Å². The van der Waals surface area contributed by atoms with E-state index in [1.54, 1.807) is 14.2 Å². The van der Waals surface area contributed by atoms with Crippen LogP contribution in [0.2, 0.25) is 0 Å². The molecule has 0 saturated carbocycles. The zero-order chi connectivity index (χ0) is 14.8. The minimum absolute atomic E-state index is 0.0262. The highest BCUT2D eigenvalue weighted by Crippen LogP contribution is 2.32. The smallest absolute Gasteiger partial charge is 0.243 e. The van der Waals surface area contributed by atoms with E-state index in [1.165, 1.54) is 5.56 Å². The Balaban J connectivity index is 3.27. The number of hydrogen-bond acceptors (Lipinski definition) is 3. The van der Waals surface area contributed by atoms with E-state index in [-0.39, 0.29) is 17.2 Å². The first-order valence-corrected chi connectivity index (χ1v) is 6.39. The van der Waals surface area contributed by atoms with Gasteiger partial charge in [0.15, 0.2) is 0 Å². The van der Waals surface area contributed by atoms with E-state index in [0.29, 0.717) is 0 Å². The molecule has 0 aromatic heterocycles. The number of rotatable bonds is 3. The van der Waals surface area contributed by atoms with Crippen molar-refractivity contribution in [1.29, 1.82) is 0 Å². The lowest BCUT2D eigenvalue weighted by Gasteiger charge is -2.24. The molecule has 0 fully saturated rings. The molecule has 0 spiro atoms. The van der Waals surface area contributed by atoms with Crippen molar-refractivity contribution < 1.29 is 9.53 Å². The summed E-state index contributed by atoms with van der Waals surface area (Å²) >= 11 is 0. The van der Waals surface area contributed by atoms with Crippen LogP contribution in [0, 0.1) is 0 Å². The molecular weight excluding hydrogens is 240 g/mol. The van der Waals surface area contributed by atoms with Gasteiger partial charge in [-0.25, -0.2) is 5.84 Å². The molecule has 4 heteroatoms. The van der Waals surface area contributed by atoms with E-state index in [0.717, 1.165) is 16.3 Å². The van der Waals surface area contributed by atoms with E-state index in [1.807, 2.05) is 25.1 Å². The molecule has 1 aromatic rings. The van der Waals surface area contributed by atoms with Crippen LogP contribution in [0.25, 0.3) is 0 Å². The molecule has 0 saturated heterocycles. The maximum atomic E-state index is 12.0. The van der Waals surface area contributed by atoms with Gasteiger partial charge in [0.05, 0.1) is 13.0 Å². The molecule has 0 heterocycles. The monoisotopic (exact) mass is 264 g/mol. The van der Waals surface area contributed by atoms with Crippen LogP contribution in [-0.4, -0.2) is 25.1 Å². The average molecular weight is 264 g/mol. The highest BCUT2D eigenvalue weighted by Gasteiger charge is 2.23. The van der Waals surface area contributed by atoms with Gasteiger partial charge in [0.1, 0.15) is 5.75 Å². The molecule has 1 aromatic carbocycles. The van der Waals surface area contributed by atoms with Crippen molar-refractivity contribution >= 4 is 5.91 Å². The Labute approximate surface area is 115 Å². The van der Waals surface area contributed by atoms with E-state index < -0.39 is 0 Å². The highest BCUT2D eigenvalue weighted by atomic mass is 16.5. The van der Waals surface area contributed by atoms with Crippen molar-refractivity contribution in [3.05, 3.63) is 29.3 Å². The molecule has 4 nitrogen and oxygen atoms in total. The van der Waals surface area contributed by atoms with Crippen LogP contribution in [0.5, 0.6) is 5.75 Å². The zero-order valence-electron chi connectivity index (χ0n) is 12.7. The van der Waals surface area contributed by atoms with Gasteiger partial charge in [-0.3, -0.25) is 9.80 Å². The Bertz CT molecular complexity index is 462. The van der Waals surface area contributed by atoms with Crippen molar-refractivity contribution in [2.45, 2.75) is 39.0 Å². The molecular formula is C15H24N2O2. The number of methoxy groups -OCH3 is 1. The van der Waals surface area contributed by atoms with E-state index in [4.69, 9.17) is 10.6 Å². The molecule has 2 N–H and O–H groups in total. The summed E-state index contributed by atoms with van der Waals surface area (Å²) in [6, 6.07) is 5.98. The fourth-order valence-corrected chi connectivity index (χ4v) is 1.98. The molecule has 0 aliphatic rings. The average Bonchev–Trinajstić information content (AvgIpc) is 2.34. The molecule has 0 aliphatic heterocycles. The Kier molecular flexibility index (Phi) is 4.58. The molecule has 19 heavy (non-hydrogen) atoms. The number of nitrogens with zero attached hydrogens (tertiary/aromatic N) is 1. The van der Waals surface area contributed by atoms with Crippen molar-refractivity contribution in [1.82, 2.24) is 5.01 Å². The van der Waals surface area contributed by atoms with E-state index >= 15 is 0 Å². The normalized spacial score (nSPS) is 13.0. The van der Waals surface area contributed by atoms with Crippen LogP contribution in [0.15, 0.2) is 18.2 Å². The van der Waals surface area contributed by atoms with E-state index in [9.17, 15) is 4.79 Å². The molecule has 0 bridgehead atoms. The molecule has 106 valence electrons. The fourth-order valence-electron chi connectivity index (χ4n) is 1.98. The van der Waals surface area contributed by atoms with Crippen molar-refractivity contribution in [2.75, 3.05) is 14.2 Å². The molecule has 0 radical (unpaired) electrons. The third-order valence-electron chi connectivity index (χ3n) is 3.28. The molecule has 1 atom stereocenters. The van der Waals surface area contributed by atoms with Gasteiger partial charge >= 0.3 is 0 Å². The molecule has 1 amide bonds. The van der Waals surface area contributed by atoms with Crippen LogP contribution in [0.4, 0.5) is 0 Å². The SMILES string of the molecule is COc1ccc(C(C)(C)C)cc1C(C)C(=O)N(C)N. The fraction of sp³-hybridized carbons (Fsp3) is 0.533. The summed E-state index contributed by atoms with van der Waals surface area (Å²) in [5, 5.41) is 1.12. The first-order chi connectivity index (χ1) is 8.68. The summed E-state index contributed by atoms with van der Waals surface area (Å²) in [5.41, 5.74) is 2.07. The second kappa shape index (κ2) is 5.61. The predicted octanol–water partition coefficient (Wildman–Crippen LogP) is 2.43. The second-order valence-electron chi connectivity index (χ2n) is 5.88. The lowest BCUT2D eigenvalue weighted by molar-refractivity contribution is -0.131. The van der Waals surface area contributed by atoms with Gasteiger partial charge in [0.2, 0.25) is 5.91 Å². The third kappa shape index (κ3) is 3.47. The lowest BCUT2D eigenvalue weighted by Crippen LogP contribution is -2.36. The van der Waals surface area contributed by atoms with Crippen LogP contribution in [-0.2, 0) is 10.2 Å². The minimum Gasteiger partial charge on any atom is -0.496 e. The predicted molar refractivity (Wildman–Crippen MR) is 77.1 cm³/mol. The van der Waals surface area contributed by atoms with Gasteiger partial charge in [-0.05, 0) is 24.0 Å². The molecule has 1 rings (SSSR count). The van der Waals surface area contributed by atoms with Crippen LogP contribution in [0.1, 0.15) is 44.7 Å². The second-order valence-corrected chi connectivity index (χ2v) is 5.88. The highest BCUT2D eigenvalue weighted by molar-refractivity contribution is 5.83. The Morgan fingerprint density at radius 1 is 1.37 bits per heavy atom. The number of carbonyl (C=O) groups is 1. The summed E-state index contributed by atoms with van der Waals surface area (Å²) < 4.78 is 5.35. The number of hydrazine groups is 1.